The topological polar surface area (TPSA) is 115 Å². The van der Waals surface area contributed by atoms with E-state index in [0.29, 0.717) is 0 Å². The maximum atomic E-state index is 10.4. The molecule has 12 heavy (non-hydrogen) atoms. The lowest BCUT2D eigenvalue weighted by molar-refractivity contribution is 0.379. The van der Waals surface area contributed by atoms with Crippen LogP contribution >= 0.6 is 23.1 Å². The molecule has 0 aromatic rings. The Hall–Kier alpha value is 0.730. The monoisotopic (exact) mass is 236 g/mol. The SMILES string of the molecule is CP(CP(=O)(O)O)CP(=O)(O)O. The van der Waals surface area contributed by atoms with Crippen LogP contribution in [0.1, 0.15) is 0 Å². The zero-order valence-electron chi connectivity index (χ0n) is 6.36. The van der Waals surface area contributed by atoms with Crippen LogP contribution in [-0.2, 0) is 9.13 Å². The molecule has 74 valence electrons. The molecule has 0 aliphatic heterocycles. The zero-order chi connectivity index (χ0) is 9.99. The average molecular weight is 236 g/mol. The lowest BCUT2D eigenvalue weighted by Crippen LogP contribution is -1.91. The van der Waals surface area contributed by atoms with E-state index in [1.165, 1.54) is 6.66 Å². The lowest BCUT2D eigenvalue weighted by Gasteiger charge is -2.13. The second kappa shape index (κ2) is 4.30. The maximum Gasteiger partial charge on any atom is 0.329 e. The molecule has 4 N–H and O–H groups in total. The van der Waals surface area contributed by atoms with Gasteiger partial charge in [-0.15, -0.1) is 0 Å². The Bertz CT molecular complexity index is 202. The predicted octanol–water partition coefficient (Wildman–Crippen LogP) is 0.368. The molecule has 0 bridgehead atoms. The van der Waals surface area contributed by atoms with Crippen molar-refractivity contribution in [3.8, 4) is 0 Å². The van der Waals surface area contributed by atoms with Crippen LogP contribution in [0.2, 0.25) is 0 Å². The summed E-state index contributed by atoms with van der Waals surface area (Å²) >= 11 is 0. The van der Waals surface area contributed by atoms with Crippen molar-refractivity contribution < 1.29 is 28.7 Å². The summed E-state index contributed by atoms with van der Waals surface area (Å²) in [6.45, 7) is 1.45. The first-order chi connectivity index (χ1) is 5.10. The van der Waals surface area contributed by atoms with Gasteiger partial charge in [0.25, 0.3) is 0 Å². The number of hydrogen-bond donors (Lipinski definition) is 4. The fourth-order valence-electron chi connectivity index (χ4n) is 0.674. The minimum Gasteiger partial charge on any atom is -0.324 e. The van der Waals surface area contributed by atoms with Crippen molar-refractivity contribution in [3.63, 3.8) is 0 Å². The average Bonchev–Trinajstić information content (AvgIpc) is 1.49. The minimum atomic E-state index is -4.12. The molecule has 0 spiro atoms. The van der Waals surface area contributed by atoms with E-state index in [1.54, 1.807) is 0 Å². The first kappa shape index (κ1) is 12.7. The molecule has 0 saturated carbocycles. The van der Waals surface area contributed by atoms with Crippen LogP contribution in [-0.4, -0.2) is 38.0 Å². The minimum absolute atomic E-state index is 0.423. The Labute approximate surface area is 71.1 Å². The lowest BCUT2D eigenvalue weighted by atomic mass is 11.8. The molecule has 0 aliphatic carbocycles. The van der Waals surface area contributed by atoms with Gasteiger partial charge in [0, 0.05) is 0 Å². The molecule has 0 atom stereocenters. The number of rotatable bonds is 4. The van der Waals surface area contributed by atoms with Gasteiger partial charge in [-0.05, 0) is 6.66 Å². The van der Waals surface area contributed by atoms with E-state index in [9.17, 15) is 9.13 Å². The number of hydrogen-bond acceptors (Lipinski definition) is 2. The first-order valence-electron chi connectivity index (χ1n) is 2.88. The van der Waals surface area contributed by atoms with Gasteiger partial charge in [0.05, 0.1) is 11.8 Å². The van der Waals surface area contributed by atoms with Crippen molar-refractivity contribution in [2.45, 2.75) is 0 Å². The Balaban J connectivity index is 4.00. The molecule has 0 saturated heterocycles. The van der Waals surface area contributed by atoms with E-state index in [0.717, 1.165) is 0 Å². The molecule has 0 amide bonds. The molecule has 0 aromatic carbocycles. The van der Waals surface area contributed by atoms with Gasteiger partial charge in [-0.3, -0.25) is 9.13 Å². The van der Waals surface area contributed by atoms with Crippen molar-refractivity contribution >= 4 is 23.1 Å². The van der Waals surface area contributed by atoms with E-state index >= 15 is 0 Å². The Morgan fingerprint density at radius 3 is 1.42 bits per heavy atom. The fraction of sp³-hybridized carbons (Fsp3) is 1.00. The zero-order valence-corrected chi connectivity index (χ0v) is 9.04. The Morgan fingerprint density at radius 1 is 1.00 bits per heavy atom. The molecule has 0 fully saturated rings. The molecule has 9 heteroatoms. The molecule has 0 aromatic heterocycles. The molecule has 0 rings (SSSR count). The van der Waals surface area contributed by atoms with Gasteiger partial charge >= 0.3 is 15.2 Å². The van der Waals surface area contributed by atoms with Crippen molar-refractivity contribution in [1.82, 2.24) is 0 Å². The standard InChI is InChI=1S/C3H11O6P3/c1-10(2-11(4,5)6)3-12(7,8)9/h2-3H2,1H3,(H2,4,5,6)(H2,7,8,9). The summed E-state index contributed by atoms with van der Waals surface area (Å²) in [7, 11) is -9.53. The van der Waals surface area contributed by atoms with Crippen molar-refractivity contribution in [3.05, 3.63) is 0 Å². The summed E-state index contributed by atoms with van der Waals surface area (Å²) in [4.78, 5) is 33.8. The van der Waals surface area contributed by atoms with E-state index in [-0.39, 0.29) is 0 Å². The van der Waals surface area contributed by atoms with Crippen LogP contribution in [0.25, 0.3) is 0 Å². The second-order valence-electron chi connectivity index (χ2n) is 2.47. The van der Waals surface area contributed by atoms with Gasteiger partial charge in [-0.25, -0.2) is 0 Å². The Morgan fingerprint density at radius 2 is 1.25 bits per heavy atom. The van der Waals surface area contributed by atoms with Gasteiger partial charge in [0.15, 0.2) is 0 Å². The largest absolute Gasteiger partial charge is 0.329 e. The van der Waals surface area contributed by atoms with Crippen LogP contribution in [0.3, 0.4) is 0 Å². The molecule has 0 unspecified atom stereocenters. The van der Waals surface area contributed by atoms with E-state index in [1.807, 2.05) is 0 Å². The van der Waals surface area contributed by atoms with E-state index in [4.69, 9.17) is 19.6 Å². The van der Waals surface area contributed by atoms with E-state index < -0.39 is 34.9 Å². The highest BCUT2D eigenvalue weighted by Crippen LogP contribution is 2.56. The van der Waals surface area contributed by atoms with Gasteiger partial charge < -0.3 is 19.6 Å². The fourth-order valence-corrected chi connectivity index (χ4v) is 6.87. The smallest absolute Gasteiger partial charge is 0.324 e. The third-order valence-electron chi connectivity index (χ3n) is 0.851. The molecule has 6 nitrogen and oxygen atoms in total. The summed E-state index contributed by atoms with van der Waals surface area (Å²) < 4.78 is 20.8. The highest BCUT2D eigenvalue weighted by atomic mass is 31.2. The van der Waals surface area contributed by atoms with Gasteiger partial charge in [-0.2, -0.15) is 0 Å². The third-order valence-corrected chi connectivity index (χ3v) is 7.66. The summed E-state index contributed by atoms with van der Waals surface area (Å²) in [5.41, 5.74) is 0. The second-order valence-corrected chi connectivity index (χ2v) is 9.10. The van der Waals surface area contributed by atoms with Crippen molar-refractivity contribution in [1.29, 1.82) is 0 Å². The van der Waals surface area contributed by atoms with Crippen LogP contribution in [0.15, 0.2) is 0 Å². The summed E-state index contributed by atoms with van der Waals surface area (Å²) in [6, 6.07) is 0. The molecule has 0 aliphatic rings. The molecule has 0 heterocycles. The first-order valence-corrected chi connectivity index (χ1v) is 8.63. The van der Waals surface area contributed by atoms with Crippen LogP contribution in [0.5, 0.6) is 0 Å². The predicted molar refractivity (Wildman–Crippen MR) is 46.7 cm³/mol. The molecule has 0 radical (unpaired) electrons. The summed E-state index contributed by atoms with van der Waals surface area (Å²) in [5, 5.41) is 0. The van der Waals surface area contributed by atoms with Crippen molar-refractivity contribution in [2.75, 3.05) is 18.5 Å². The Kier molecular flexibility index (Phi) is 4.56. The normalized spacial score (nSPS) is 13.8. The van der Waals surface area contributed by atoms with Crippen molar-refractivity contribution in [2.24, 2.45) is 0 Å². The molecular formula is C3H11O6P3. The summed E-state index contributed by atoms with van der Waals surface area (Å²) in [6.07, 6.45) is 0. The summed E-state index contributed by atoms with van der Waals surface area (Å²) in [5.74, 6) is -0.846. The van der Waals surface area contributed by atoms with Gasteiger partial charge in [-0.1, -0.05) is 7.92 Å². The molecular weight excluding hydrogens is 225 g/mol. The quantitative estimate of drug-likeness (QED) is 0.524. The maximum absolute atomic E-state index is 10.4. The van der Waals surface area contributed by atoms with E-state index in [2.05, 4.69) is 0 Å². The highest BCUT2D eigenvalue weighted by Gasteiger charge is 2.24. The van der Waals surface area contributed by atoms with Crippen LogP contribution in [0.4, 0.5) is 0 Å². The van der Waals surface area contributed by atoms with Gasteiger partial charge in [0.2, 0.25) is 0 Å². The van der Waals surface area contributed by atoms with Gasteiger partial charge in [0.1, 0.15) is 0 Å². The highest BCUT2D eigenvalue weighted by molar-refractivity contribution is 7.78. The van der Waals surface area contributed by atoms with Crippen LogP contribution < -0.4 is 0 Å². The van der Waals surface area contributed by atoms with Crippen LogP contribution in [0, 0.1) is 0 Å². The third kappa shape index (κ3) is 8.82.